The number of benzene rings is 4. The number of rotatable bonds is 4. The van der Waals surface area contributed by atoms with Gasteiger partial charge in [-0.2, -0.15) is 5.10 Å². The summed E-state index contributed by atoms with van der Waals surface area (Å²) in [6.45, 7) is 0. The summed E-state index contributed by atoms with van der Waals surface area (Å²) in [7, 11) is 0. The topological polar surface area (TPSA) is 58.7 Å². The Morgan fingerprint density at radius 3 is 2.52 bits per heavy atom. The highest BCUT2D eigenvalue weighted by Crippen LogP contribution is 2.47. The largest absolute Gasteiger partial charge is 0.422 e. The van der Waals surface area contributed by atoms with Gasteiger partial charge in [0.05, 0.1) is 22.2 Å². The van der Waals surface area contributed by atoms with Gasteiger partial charge in [0.25, 0.3) is 0 Å². The Kier molecular flexibility index (Phi) is 6.08. The molecular formula is C36H27N3O2S. The van der Waals surface area contributed by atoms with E-state index in [4.69, 9.17) is 14.5 Å². The smallest absolute Gasteiger partial charge is 0.345 e. The van der Waals surface area contributed by atoms with Gasteiger partial charge in [-0.05, 0) is 64.9 Å². The lowest BCUT2D eigenvalue weighted by molar-refractivity contribution is 0.487. The molecule has 0 radical (unpaired) electrons. The van der Waals surface area contributed by atoms with Crippen LogP contribution in [0.5, 0.6) is 0 Å². The molecule has 2 atom stereocenters. The second-order valence-corrected chi connectivity index (χ2v) is 11.9. The van der Waals surface area contributed by atoms with Gasteiger partial charge in [-0.15, -0.1) is 0 Å². The molecule has 2 aliphatic rings. The summed E-state index contributed by atoms with van der Waals surface area (Å²) < 4.78 is 5.80. The molecule has 4 aromatic carbocycles. The molecule has 8 rings (SSSR count). The van der Waals surface area contributed by atoms with Crippen molar-refractivity contribution in [2.75, 3.05) is 5.01 Å². The maximum Gasteiger partial charge on any atom is 0.345 e. The average Bonchev–Trinajstić information content (AvgIpc) is 3.68. The Hall–Kier alpha value is -4.81. The first-order valence-corrected chi connectivity index (χ1v) is 15.1. The van der Waals surface area contributed by atoms with Gasteiger partial charge in [0.15, 0.2) is 0 Å². The molecule has 204 valence electrons. The van der Waals surface area contributed by atoms with Crippen molar-refractivity contribution in [1.82, 2.24) is 4.98 Å². The van der Waals surface area contributed by atoms with Crippen LogP contribution in [0.3, 0.4) is 0 Å². The van der Waals surface area contributed by atoms with Gasteiger partial charge in [-0.3, -0.25) is 0 Å². The minimum atomic E-state index is -0.359. The summed E-state index contributed by atoms with van der Waals surface area (Å²) in [5.41, 5.74) is 5.60. The molecule has 0 unspecified atom stereocenters. The van der Waals surface area contributed by atoms with Crippen molar-refractivity contribution in [3.8, 4) is 10.4 Å². The third-order valence-corrected chi connectivity index (χ3v) is 9.40. The lowest BCUT2D eigenvalue weighted by Crippen LogP contribution is -2.27. The third kappa shape index (κ3) is 4.27. The van der Waals surface area contributed by atoms with Crippen molar-refractivity contribution >= 4 is 50.0 Å². The number of allylic oxidation sites excluding steroid dienone is 1. The lowest BCUT2D eigenvalue weighted by Gasteiger charge is -2.29. The van der Waals surface area contributed by atoms with E-state index < -0.39 is 0 Å². The van der Waals surface area contributed by atoms with Gasteiger partial charge in [-0.25, -0.2) is 14.8 Å². The zero-order valence-corrected chi connectivity index (χ0v) is 23.6. The second-order valence-electron chi connectivity index (χ2n) is 10.9. The molecular weight excluding hydrogens is 538 g/mol. The summed E-state index contributed by atoms with van der Waals surface area (Å²) in [6.07, 6.45) is 7.27. The maximum atomic E-state index is 13.2. The fourth-order valence-corrected chi connectivity index (χ4v) is 7.34. The van der Waals surface area contributed by atoms with Gasteiger partial charge in [0.1, 0.15) is 5.58 Å². The van der Waals surface area contributed by atoms with Crippen LogP contribution in [0.25, 0.3) is 38.3 Å². The minimum Gasteiger partial charge on any atom is -0.422 e. The lowest BCUT2D eigenvalue weighted by atomic mass is 9.77. The number of hydrogen-bond donors (Lipinski definition) is 0. The molecule has 5 nitrogen and oxygen atoms in total. The molecule has 0 saturated heterocycles. The first-order chi connectivity index (χ1) is 20.7. The van der Waals surface area contributed by atoms with Gasteiger partial charge < -0.3 is 4.42 Å². The van der Waals surface area contributed by atoms with Crippen LogP contribution in [0.4, 0.5) is 5.13 Å². The fourth-order valence-electron chi connectivity index (χ4n) is 6.43. The maximum absolute atomic E-state index is 13.2. The number of aromatic nitrogens is 1. The van der Waals surface area contributed by atoms with Crippen LogP contribution in [-0.4, -0.2) is 10.7 Å². The number of hydrogen-bond acceptors (Lipinski definition) is 6. The molecule has 3 heterocycles. The third-order valence-electron chi connectivity index (χ3n) is 8.38. The fraction of sp³-hybridized carbons (Fsp3) is 0.139. The molecule has 1 aliphatic carbocycles. The quantitative estimate of drug-likeness (QED) is 0.158. The molecule has 0 spiro atoms. The van der Waals surface area contributed by atoms with Gasteiger partial charge in [0, 0.05) is 17.5 Å². The van der Waals surface area contributed by atoms with E-state index in [9.17, 15) is 4.79 Å². The summed E-state index contributed by atoms with van der Waals surface area (Å²) in [4.78, 5) is 18.8. The zero-order chi connectivity index (χ0) is 28.0. The molecule has 2 aromatic heterocycles. The van der Waals surface area contributed by atoms with Gasteiger partial charge >= 0.3 is 5.63 Å². The Morgan fingerprint density at radius 2 is 1.67 bits per heavy atom. The highest BCUT2D eigenvalue weighted by atomic mass is 32.1. The van der Waals surface area contributed by atoms with E-state index in [0.717, 1.165) is 51.1 Å². The first-order valence-electron chi connectivity index (χ1n) is 14.3. The van der Waals surface area contributed by atoms with Crippen molar-refractivity contribution in [2.24, 2.45) is 11.0 Å². The normalized spacial score (nSPS) is 19.4. The summed E-state index contributed by atoms with van der Waals surface area (Å²) in [5, 5.41) is 11.2. The SMILES string of the molecule is O=c1oc2ccc3ccccc3c2cc1-c1cnc(N2N=C3/C(=C/c4ccccc4)CCC[C@H]3[C@@H]2c2ccccc2)s1. The summed E-state index contributed by atoms with van der Waals surface area (Å²) in [6, 6.07) is 35.1. The second kappa shape index (κ2) is 10.2. The molecule has 0 amide bonds. The predicted octanol–water partition coefficient (Wildman–Crippen LogP) is 8.87. The van der Waals surface area contributed by atoms with Crippen LogP contribution in [-0.2, 0) is 0 Å². The van der Waals surface area contributed by atoms with Crippen molar-refractivity contribution in [2.45, 2.75) is 25.3 Å². The summed E-state index contributed by atoms with van der Waals surface area (Å²) >= 11 is 1.49. The van der Waals surface area contributed by atoms with E-state index >= 15 is 0 Å². The van der Waals surface area contributed by atoms with Crippen LogP contribution in [0, 0.1) is 5.92 Å². The number of thiazole rings is 1. The number of hydrazone groups is 1. The van der Waals surface area contributed by atoms with Crippen LogP contribution in [0.1, 0.15) is 36.4 Å². The van der Waals surface area contributed by atoms with E-state index in [-0.39, 0.29) is 17.6 Å². The highest BCUT2D eigenvalue weighted by Gasteiger charge is 2.42. The van der Waals surface area contributed by atoms with Crippen LogP contribution >= 0.6 is 11.3 Å². The average molecular weight is 566 g/mol. The van der Waals surface area contributed by atoms with Crippen LogP contribution < -0.4 is 10.6 Å². The highest BCUT2D eigenvalue weighted by molar-refractivity contribution is 7.18. The van der Waals surface area contributed by atoms with E-state index in [2.05, 4.69) is 77.8 Å². The molecule has 1 aliphatic heterocycles. The molecule has 6 aromatic rings. The standard InChI is InChI=1S/C36H27N3O2S/c40-35-30(21-29-27-16-8-7-12-24(27)18-19-31(29)41-35)32-22-37-36(42-32)39-34(25-13-5-2-6-14-25)28-17-9-15-26(33(28)38-39)20-23-10-3-1-4-11-23/h1-8,10-14,16,18-22,28,34H,9,15,17H2/b26-20+/t28-,34+/m1/s1. The van der Waals surface area contributed by atoms with Crippen molar-refractivity contribution in [3.63, 3.8) is 0 Å². The zero-order valence-electron chi connectivity index (χ0n) is 22.8. The first kappa shape index (κ1) is 24.9. The molecule has 0 N–H and O–H groups in total. The minimum absolute atomic E-state index is 0.0385. The van der Waals surface area contributed by atoms with Gasteiger partial charge in [-0.1, -0.05) is 102 Å². The molecule has 1 fully saturated rings. The predicted molar refractivity (Wildman–Crippen MR) is 172 cm³/mol. The molecule has 0 bridgehead atoms. The summed E-state index contributed by atoms with van der Waals surface area (Å²) in [5.74, 6) is 0.264. The van der Waals surface area contributed by atoms with E-state index in [0.29, 0.717) is 11.1 Å². The monoisotopic (exact) mass is 565 g/mol. The van der Waals surface area contributed by atoms with Gasteiger partial charge in [0.2, 0.25) is 5.13 Å². The van der Waals surface area contributed by atoms with Crippen molar-refractivity contribution < 1.29 is 4.42 Å². The number of fused-ring (bicyclic) bond motifs is 4. The van der Waals surface area contributed by atoms with E-state index in [1.54, 1.807) is 6.20 Å². The molecule has 6 heteroatoms. The Labute approximate surface area is 247 Å². The Morgan fingerprint density at radius 1 is 0.881 bits per heavy atom. The molecule has 1 saturated carbocycles. The van der Waals surface area contributed by atoms with E-state index in [1.165, 1.54) is 28.0 Å². The number of anilines is 1. The molecule has 42 heavy (non-hydrogen) atoms. The number of nitrogens with zero attached hydrogens (tertiary/aromatic N) is 3. The van der Waals surface area contributed by atoms with Crippen molar-refractivity contribution in [1.29, 1.82) is 0 Å². The van der Waals surface area contributed by atoms with Crippen molar-refractivity contribution in [3.05, 3.63) is 136 Å². The van der Waals surface area contributed by atoms with Crippen LogP contribution in [0.2, 0.25) is 0 Å². The van der Waals surface area contributed by atoms with Crippen LogP contribution in [0.15, 0.2) is 129 Å². The van der Waals surface area contributed by atoms with E-state index in [1.807, 2.05) is 36.4 Å². The Bertz CT molecular complexity index is 2060. The Balaban J connectivity index is 1.23.